The first kappa shape index (κ1) is 14.5. The van der Waals surface area contributed by atoms with Crippen LogP contribution >= 0.6 is 0 Å². The van der Waals surface area contributed by atoms with Crippen LogP contribution < -0.4 is 10.9 Å². The van der Waals surface area contributed by atoms with E-state index in [9.17, 15) is 4.79 Å². The average Bonchev–Trinajstić information content (AvgIpc) is 3.05. The fourth-order valence-corrected chi connectivity index (χ4v) is 3.51. The molecule has 2 unspecified atom stereocenters. The molecular weight excluding hydrogens is 264 g/mol. The molecule has 2 N–H and O–H groups in total. The molecule has 4 nitrogen and oxygen atoms in total. The highest BCUT2D eigenvalue weighted by molar-refractivity contribution is 5.76. The summed E-state index contributed by atoms with van der Waals surface area (Å²) in [5.41, 5.74) is 8.89. The molecule has 4 heteroatoms. The van der Waals surface area contributed by atoms with Gasteiger partial charge < -0.3 is 4.74 Å². The zero-order chi connectivity index (χ0) is 14.7. The number of hydrazine groups is 1. The Kier molecular flexibility index (Phi) is 4.56. The molecule has 1 aromatic carbocycles. The number of hydrogen-bond donors (Lipinski definition) is 2. The average molecular weight is 288 g/mol. The second-order valence-electron chi connectivity index (χ2n) is 6.15. The molecule has 0 aromatic heterocycles. The van der Waals surface area contributed by atoms with E-state index in [1.807, 2.05) is 0 Å². The van der Waals surface area contributed by atoms with Crippen molar-refractivity contribution in [3.05, 3.63) is 35.4 Å². The predicted molar refractivity (Wildman–Crippen MR) is 81.7 cm³/mol. The van der Waals surface area contributed by atoms with Gasteiger partial charge in [-0.1, -0.05) is 43.5 Å². The van der Waals surface area contributed by atoms with Crippen LogP contribution in [0.5, 0.6) is 0 Å². The van der Waals surface area contributed by atoms with E-state index >= 15 is 0 Å². The predicted octanol–water partition coefficient (Wildman–Crippen LogP) is 2.81. The lowest BCUT2D eigenvalue weighted by Gasteiger charge is -2.22. The number of carbonyl (C=O) groups is 1. The van der Waals surface area contributed by atoms with E-state index in [0.29, 0.717) is 0 Å². The largest absolute Gasteiger partial charge is 0.468 e. The maximum absolute atomic E-state index is 11.5. The standard InChI is InChI=1S/C17H24N2O2/c1-21-17(20)16-11-15(18-19-16)14-9-7-13(8-10-14)12-5-3-2-4-6-12/h7-10,12,15-16,18-19H,2-6,11H2,1H3. The molecule has 21 heavy (non-hydrogen) atoms. The third kappa shape index (κ3) is 3.27. The lowest BCUT2D eigenvalue weighted by Crippen LogP contribution is -2.36. The topological polar surface area (TPSA) is 50.4 Å². The van der Waals surface area contributed by atoms with Crippen LogP contribution in [0.15, 0.2) is 24.3 Å². The van der Waals surface area contributed by atoms with Gasteiger partial charge in [0, 0.05) is 6.04 Å². The molecule has 1 aromatic rings. The quantitative estimate of drug-likeness (QED) is 0.840. The molecule has 1 heterocycles. The van der Waals surface area contributed by atoms with E-state index in [2.05, 4.69) is 35.1 Å². The molecule has 114 valence electrons. The number of carbonyl (C=O) groups excluding carboxylic acids is 1. The van der Waals surface area contributed by atoms with Crippen molar-refractivity contribution in [1.82, 2.24) is 10.9 Å². The first-order valence-electron chi connectivity index (χ1n) is 7.96. The van der Waals surface area contributed by atoms with E-state index < -0.39 is 0 Å². The maximum Gasteiger partial charge on any atom is 0.324 e. The fourth-order valence-electron chi connectivity index (χ4n) is 3.51. The SMILES string of the molecule is COC(=O)C1CC(c2ccc(C3CCCCC3)cc2)NN1. The highest BCUT2D eigenvalue weighted by Crippen LogP contribution is 2.33. The molecule has 1 saturated carbocycles. The number of methoxy groups -OCH3 is 1. The molecule has 1 aliphatic heterocycles. The van der Waals surface area contributed by atoms with Crippen LogP contribution in [0, 0.1) is 0 Å². The van der Waals surface area contributed by atoms with Gasteiger partial charge in [0.15, 0.2) is 0 Å². The van der Waals surface area contributed by atoms with Gasteiger partial charge in [0.25, 0.3) is 0 Å². The number of rotatable bonds is 3. The summed E-state index contributed by atoms with van der Waals surface area (Å²) in [7, 11) is 1.43. The Hall–Kier alpha value is -1.39. The summed E-state index contributed by atoms with van der Waals surface area (Å²) >= 11 is 0. The molecule has 1 saturated heterocycles. The minimum Gasteiger partial charge on any atom is -0.468 e. The van der Waals surface area contributed by atoms with Crippen molar-refractivity contribution in [2.45, 2.75) is 56.5 Å². The molecule has 1 aliphatic carbocycles. The summed E-state index contributed by atoms with van der Waals surface area (Å²) in [4.78, 5) is 11.5. The molecule has 0 spiro atoms. The van der Waals surface area contributed by atoms with Crippen molar-refractivity contribution >= 4 is 5.97 Å². The first-order valence-corrected chi connectivity index (χ1v) is 7.96. The van der Waals surface area contributed by atoms with Gasteiger partial charge in [0.05, 0.1) is 7.11 Å². The number of esters is 1. The van der Waals surface area contributed by atoms with E-state index in [0.717, 1.165) is 12.3 Å². The molecule has 0 radical (unpaired) electrons. The van der Waals surface area contributed by atoms with E-state index in [-0.39, 0.29) is 18.1 Å². The van der Waals surface area contributed by atoms with Gasteiger partial charge in [-0.2, -0.15) is 0 Å². The van der Waals surface area contributed by atoms with Crippen molar-refractivity contribution in [2.75, 3.05) is 7.11 Å². The Balaban J connectivity index is 1.63. The summed E-state index contributed by atoms with van der Waals surface area (Å²) < 4.78 is 4.78. The van der Waals surface area contributed by atoms with Gasteiger partial charge >= 0.3 is 5.97 Å². The smallest absolute Gasteiger partial charge is 0.324 e. The van der Waals surface area contributed by atoms with E-state index in [1.165, 1.54) is 50.3 Å². The number of ether oxygens (including phenoxy) is 1. The molecular formula is C17H24N2O2. The molecule has 0 amide bonds. The normalized spacial score (nSPS) is 26.7. The number of hydrogen-bond acceptors (Lipinski definition) is 4. The first-order chi connectivity index (χ1) is 10.3. The van der Waals surface area contributed by atoms with Crippen LogP contribution in [-0.2, 0) is 9.53 Å². The minimum absolute atomic E-state index is 0.175. The maximum atomic E-state index is 11.5. The lowest BCUT2D eigenvalue weighted by molar-refractivity contribution is -0.142. The monoisotopic (exact) mass is 288 g/mol. The highest BCUT2D eigenvalue weighted by Gasteiger charge is 2.30. The molecule has 2 aliphatic rings. The summed E-state index contributed by atoms with van der Waals surface area (Å²) in [6.45, 7) is 0. The minimum atomic E-state index is -0.252. The Morgan fingerprint density at radius 3 is 2.38 bits per heavy atom. The van der Waals surface area contributed by atoms with Crippen LogP contribution in [-0.4, -0.2) is 19.1 Å². The second kappa shape index (κ2) is 6.58. The zero-order valence-corrected chi connectivity index (χ0v) is 12.6. The van der Waals surface area contributed by atoms with Crippen LogP contribution in [0.1, 0.15) is 61.6 Å². The zero-order valence-electron chi connectivity index (χ0n) is 12.6. The van der Waals surface area contributed by atoms with Gasteiger partial charge in [0.2, 0.25) is 0 Å². The Morgan fingerprint density at radius 1 is 1.05 bits per heavy atom. The molecule has 2 fully saturated rings. The summed E-state index contributed by atoms with van der Waals surface area (Å²) in [5.74, 6) is 0.536. The number of benzene rings is 1. The Morgan fingerprint density at radius 2 is 1.71 bits per heavy atom. The van der Waals surface area contributed by atoms with E-state index in [1.54, 1.807) is 0 Å². The van der Waals surface area contributed by atoms with Crippen LogP contribution in [0.3, 0.4) is 0 Å². The molecule has 2 atom stereocenters. The second-order valence-corrected chi connectivity index (χ2v) is 6.15. The van der Waals surface area contributed by atoms with Crippen molar-refractivity contribution in [3.8, 4) is 0 Å². The number of nitrogens with one attached hydrogen (secondary N) is 2. The van der Waals surface area contributed by atoms with Crippen molar-refractivity contribution in [1.29, 1.82) is 0 Å². The van der Waals surface area contributed by atoms with Gasteiger partial charge in [-0.15, -0.1) is 0 Å². The summed E-state index contributed by atoms with van der Waals surface area (Å²) in [5, 5.41) is 0. The Labute approximate surface area is 126 Å². The van der Waals surface area contributed by atoms with Crippen LogP contribution in [0.4, 0.5) is 0 Å². The fraction of sp³-hybridized carbons (Fsp3) is 0.588. The van der Waals surface area contributed by atoms with Gasteiger partial charge in [-0.05, 0) is 36.3 Å². The summed E-state index contributed by atoms with van der Waals surface area (Å²) in [6.07, 6.45) is 7.50. The summed E-state index contributed by atoms with van der Waals surface area (Å²) in [6, 6.07) is 8.84. The highest BCUT2D eigenvalue weighted by atomic mass is 16.5. The van der Waals surface area contributed by atoms with Gasteiger partial charge in [-0.3, -0.25) is 4.79 Å². The lowest BCUT2D eigenvalue weighted by atomic mass is 9.83. The van der Waals surface area contributed by atoms with Crippen molar-refractivity contribution in [3.63, 3.8) is 0 Å². The van der Waals surface area contributed by atoms with Gasteiger partial charge in [-0.25, -0.2) is 10.9 Å². The van der Waals surface area contributed by atoms with Crippen LogP contribution in [0.25, 0.3) is 0 Å². The van der Waals surface area contributed by atoms with Crippen molar-refractivity contribution < 1.29 is 9.53 Å². The van der Waals surface area contributed by atoms with Crippen LogP contribution in [0.2, 0.25) is 0 Å². The Bertz CT molecular complexity index is 480. The third-order valence-corrected chi connectivity index (χ3v) is 4.80. The van der Waals surface area contributed by atoms with Gasteiger partial charge in [0.1, 0.15) is 6.04 Å². The van der Waals surface area contributed by atoms with E-state index in [4.69, 9.17) is 4.74 Å². The third-order valence-electron chi connectivity index (χ3n) is 4.80. The molecule has 0 bridgehead atoms. The molecule has 3 rings (SSSR count). The van der Waals surface area contributed by atoms with Crippen molar-refractivity contribution in [2.24, 2.45) is 0 Å².